The van der Waals surface area contributed by atoms with Crippen LogP contribution in [0, 0.1) is 12.8 Å². The molecule has 2 rings (SSSR count). The first-order chi connectivity index (χ1) is 8.97. The number of halogens is 3. The molecule has 1 aromatic rings. The summed E-state index contributed by atoms with van der Waals surface area (Å²) in [6, 6.07) is 3.85. The number of benzene rings is 1. The summed E-state index contributed by atoms with van der Waals surface area (Å²) in [5.74, 6) is 0.551. The Balaban J connectivity index is 1.97. The first kappa shape index (κ1) is 14.2. The van der Waals surface area contributed by atoms with Crippen LogP contribution in [0.25, 0.3) is 0 Å². The molecule has 1 heterocycles. The van der Waals surface area contributed by atoms with Gasteiger partial charge in [0.05, 0.1) is 5.56 Å². The molecule has 1 aliphatic heterocycles. The van der Waals surface area contributed by atoms with E-state index in [1.807, 2.05) is 0 Å². The van der Waals surface area contributed by atoms with E-state index in [-0.39, 0.29) is 0 Å². The number of hydrogen-bond donors (Lipinski definition) is 2. The molecule has 1 saturated heterocycles. The maximum Gasteiger partial charge on any atom is 0.416 e. The van der Waals surface area contributed by atoms with Crippen molar-refractivity contribution in [2.75, 3.05) is 25.0 Å². The van der Waals surface area contributed by atoms with Gasteiger partial charge in [-0.3, -0.25) is 0 Å². The van der Waals surface area contributed by atoms with E-state index in [0.29, 0.717) is 11.5 Å². The first-order valence-electron chi connectivity index (χ1n) is 6.59. The fourth-order valence-electron chi connectivity index (χ4n) is 2.39. The molecule has 0 aromatic heterocycles. The minimum Gasteiger partial charge on any atom is -0.385 e. The molecule has 0 bridgehead atoms. The number of rotatable bonds is 3. The van der Waals surface area contributed by atoms with Gasteiger partial charge in [0.15, 0.2) is 0 Å². The summed E-state index contributed by atoms with van der Waals surface area (Å²) >= 11 is 0. The van der Waals surface area contributed by atoms with Gasteiger partial charge in [-0.1, -0.05) is 0 Å². The fourth-order valence-corrected chi connectivity index (χ4v) is 2.39. The number of aryl methyl sites for hydroxylation is 1. The third-order valence-electron chi connectivity index (χ3n) is 3.53. The Morgan fingerprint density at radius 3 is 2.74 bits per heavy atom. The van der Waals surface area contributed by atoms with Crippen LogP contribution in [0.3, 0.4) is 0 Å². The number of anilines is 1. The Morgan fingerprint density at radius 2 is 2.16 bits per heavy atom. The van der Waals surface area contributed by atoms with Gasteiger partial charge in [-0.05, 0) is 62.5 Å². The van der Waals surface area contributed by atoms with Crippen molar-refractivity contribution in [3.8, 4) is 0 Å². The molecule has 2 N–H and O–H groups in total. The van der Waals surface area contributed by atoms with Gasteiger partial charge in [0.25, 0.3) is 0 Å². The monoisotopic (exact) mass is 272 g/mol. The summed E-state index contributed by atoms with van der Waals surface area (Å²) in [6.07, 6.45) is -1.94. The van der Waals surface area contributed by atoms with Crippen molar-refractivity contribution in [1.82, 2.24) is 5.32 Å². The molecule has 1 aromatic carbocycles. The molecule has 0 saturated carbocycles. The molecular formula is C14H19F3N2. The molecule has 0 amide bonds. The maximum absolute atomic E-state index is 12.5. The average molecular weight is 272 g/mol. The van der Waals surface area contributed by atoms with E-state index in [0.717, 1.165) is 31.4 Å². The van der Waals surface area contributed by atoms with E-state index in [4.69, 9.17) is 0 Å². The number of nitrogens with one attached hydrogen (secondary N) is 2. The van der Waals surface area contributed by atoms with Crippen LogP contribution < -0.4 is 10.6 Å². The second-order valence-electron chi connectivity index (χ2n) is 5.12. The molecular weight excluding hydrogens is 253 g/mol. The summed E-state index contributed by atoms with van der Waals surface area (Å²) in [5.41, 5.74) is 0.840. The van der Waals surface area contributed by atoms with Crippen LogP contribution >= 0.6 is 0 Å². The van der Waals surface area contributed by atoms with E-state index in [2.05, 4.69) is 10.6 Å². The summed E-state index contributed by atoms with van der Waals surface area (Å²) in [4.78, 5) is 0. The van der Waals surface area contributed by atoms with Crippen molar-refractivity contribution in [1.29, 1.82) is 0 Å². The van der Waals surface area contributed by atoms with E-state index >= 15 is 0 Å². The van der Waals surface area contributed by atoms with E-state index in [1.54, 1.807) is 6.92 Å². The highest BCUT2D eigenvalue weighted by molar-refractivity contribution is 5.52. The minimum absolute atomic E-state index is 0.551. The molecule has 0 aliphatic carbocycles. The second kappa shape index (κ2) is 5.82. The maximum atomic E-state index is 12.5. The van der Waals surface area contributed by atoms with Gasteiger partial charge < -0.3 is 10.6 Å². The van der Waals surface area contributed by atoms with Crippen molar-refractivity contribution in [2.45, 2.75) is 25.9 Å². The largest absolute Gasteiger partial charge is 0.416 e. The molecule has 106 valence electrons. The van der Waals surface area contributed by atoms with Gasteiger partial charge in [-0.25, -0.2) is 0 Å². The molecule has 1 unspecified atom stereocenters. The highest BCUT2D eigenvalue weighted by atomic mass is 19.4. The van der Waals surface area contributed by atoms with Crippen molar-refractivity contribution in [3.63, 3.8) is 0 Å². The molecule has 0 radical (unpaired) electrons. The minimum atomic E-state index is -4.27. The van der Waals surface area contributed by atoms with Crippen LogP contribution in [0.1, 0.15) is 24.0 Å². The van der Waals surface area contributed by atoms with E-state index in [1.165, 1.54) is 25.0 Å². The SMILES string of the molecule is Cc1cc(C(F)(F)F)ccc1NCC1CCCNC1. The molecule has 19 heavy (non-hydrogen) atoms. The Kier molecular flexibility index (Phi) is 4.34. The van der Waals surface area contributed by atoms with Crippen LogP contribution in [0.2, 0.25) is 0 Å². The van der Waals surface area contributed by atoms with Gasteiger partial charge in [-0.15, -0.1) is 0 Å². The molecule has 5 heteroatoms. The van der Waals surface area contributed by atoms with Crippen molar-refractivity contribution >= 4 is 5.69 Å². The Hall–Kier alpha value is -1.23. The Labute approximate surface area is 111 Å². The summed E-state index contributed by atoms with van der Waals surface area (Å²) in [5, 5.41) is 6.58. The van der Waals surface area contributed by atoms with Crippen LogP contribution in [0.4, 0.5) is 18.9 Å². The fraction of sp³-hybridized carbons (Fsp3) is 0.571. The zero-order chi connectivity index (χ0) is 13.9. The molecule has 1 fully saturated rings. The lowest BCUT2D eigenvalue weighted by molar-refractivity contribution is -0.137. The van der Waals surface area contributed by atoms with E-state index < -0.39 is 11.7 Å². The summed E-state index contributed by atoms with van der Waals surface area (Å²) < 4.78 is 37.6. The quantitative estimate of drug-likeness (QED) is 0.881. The number of alkyl halides is 3. The van der Waals surface area contributed by atoms with Crippen LogP contribution in [0.5, 0.6) is 0 Å². The van der Waals surface area contributed by atoms with Crippen molar-refractivity contribution in [2.24, 2.45) is 5.92 Å². The number of hydrogen-bond acceptors (Lipinski definition) is 2. The van der Waals surface area contributed by atoms with Crippen LogP contribution in [0.15, 0.2) is 18.2 Å². The standard InChI is InChI=1S/C14H19F3N2/c1-10-7-12(14(15,16)17)4-5-13(10)19-9-11-3-2-6-18-8-11/h4-5,7,11,18-19H,2-3,6,8-9H2,1H3. The lowest BCUT2D eigenvalue weighted by atomic mass is 9.99. The predicted octanol–water partition coefficient (Wildman–Crippen LogP) is 3.43. The third kappa shape index (κ3) is 3.86. The van der Waals surface area contributed by atoms with Gasteiger partial charge in [0, 0.05) is 12.2 Å². The highest BCUT2D eigenvalue weighted by Crippen LogP contribution is 2.31. The third-order valence-corrected chi connectivity index (χ3v) is 3.53. The average Bonchev–Trinajstić information content (AvgIpc) is 2.37. The Bertz CT molecular complexity index is 423. The first-order valence-corrected chi connectivity index (χ1v) is 6.59. The lowest BCUT2D eigenvalue weighted by Crippen LogP contribution is -2.33. The van der Waals surface area contributed by atoms with Gasteiger partial charge in [0.2, 0.25) is 0 Å². The predicted molar refractivity (Wildman–Crippen MR) is 70.3 cm³/mol. The lowest BCUT2D eigenvalue weighted by Gasteiger charge is -2.24. The van der Waals surface area contributed by atoms with Crippen LogP contribution in [-0.2, 0) is 6.18 Å². The van der Waals surface area contributed by atoms with E-state index in [9.17, 15) is 13.2 Å². The molecule has 2 nitrogen and oxygen atoms in total. The molecule has 1 atom stereocenters. The molecule has 1 aliphatic rings. The highest BCUT2D eigenvalue weighted by Gasteiger charge is 2.30. The van der Waals surface area contributed by atoms with Gasteiger partial charge in [-0.2, -0.15) is 13.2 Å². The van der Waals surface area contributed by atoms with Gasteiger partial charge >= 0.3 is 6.18 Å². The number of piperidine rings is 1. The zero-order valence-corrected chi connectivity index (χ0v) is 11.0. The van der Waals surface area contributed by atoms with Crippen molar-refractivity contribution in [3.05, 3.63) is 29.3 Å². The molecule has 0 spiro atoms. The normalized spacial score (nSPS) is 20.3. The van der Waals surface area contributed by atoms with Crippen LogP contribution in [-0.4, -0.2) is 19.6 Å². The summed E-state index contributed by atoms with van der Waals surface area (Å²) in [6.45, 7) is 4.55. The van der Waals surface area contributed by atoms with Crippen molar-refractivity contribution < 1.29 is 13.2 Å². The second-order valence-corrected chi connectivity index (χ2v) is 5.12. The Morgan fingerprint density at radius 1 is 1.37 bits per heavy atom. The topological polar surface area (TPSA) is 24.1 Å². The smallest absolute Gasteiger partial charge is 0.385 e. The van der Waals surface area contributed by atoms with Gasteiger partial charge in [0.1, 0.15) is 0 Å². The zero-order valence-electron chi connectivity index (χ0n) is 11.0. The summed E-state index contributed by atoms with van der Waals surface area (Å²) in [7, 11) is 0.